The first kappa shape index (κ1) is 12.5. The standard InChI is InChI=1S/C14H19FO2/c1-2-17-14(11-5-6-11)13(16)9-10-3-7-12(15)8-4-10/h3-4,7-8,11,13-14,16H,2,5-6,9H2,1H3. The average molecular weight is 238 g/mol. The molecule has 0 saturated heterocycles. The van der Waals surface area contributed by atoms with Crippen LogP contribution in [0.25, 0.3) is 0 Å². The van der Waals surface area contributed by atoms with E-state index >= 15 is 0 Å². The highest BCUT2D eigenvalue weighted by atomic mass is 19.1. The minimum Gasteiger partial charge on any atom is -0.390 e. The van der Waals surface area contributed by atoms with Gasteiger partial charge in [-0.1, -0.05) is 12.1 Å². The van der Waals surface area contributed by atoms with Crippen LogP contribution in [0.3, 0.4) is 0 Å². The molecule has 0 radical (unpaired) electrons. The molecule has 1 aromatic rings. The van der Waals surface area contributed by atoms with Gasteiger partial charge in [0.2, 0.25) is 0 Å². The quantitative estimate of drug-likeness (QED) is 0.825. The Labute approximate surface area is 101 Å². The molecule has 0 amide bonds. The molecule has 0 aromatic heterocycles. The Hall–Kier alpha value is -0.930. The monoisotopic (exact) mass is 238 g/mol. The fourth-order valence-corrected chi connectivity index (χ4v) is 2.16. The molecular weight excluding hydrogens is 219 g/mol. The van der Waals surface area contributed by atoms with E-state index in [1.54, 1.807) is 12.1 Å². The van der Waals surface area contributed by atoms with Crippen molar-refractivity contribution in [2.75, 3.05) is 6.61 Å². The van der Waals surface area contributed by atoms with Crippen molar-refractivity contribution in [3.63, 3.8) is 0 Å². The molecule has 0 spiro atoms. The maximum absolute atomic E-state index is 12.8. The highest BCUT2D eigenvalue weighted by Gasteiger charge is 2.36. The largest absolute Gasteiger partial charge is 0.390 e. The normalized spacial score (nSPS) is 19.0. The molecule has 1 saturated carbocycles. The fourth-order valence-electron chi connectivity index (χ4n) is 2.16. The predicted molar refractivity (Wildman–Crippen MR) is 64.2 cm³/mol. The van der Waals surface area contributed by atoms with Gasteiger partial charge in [-0.25, -0.2) is 4.39 Å². The van der Waals surface area contributed by atoms with Gasteiger partial charge in [0, 0.05) is 13.0 Å². The predicted octanol–water partition coefficient (Wildman–Crippen LogP) is 2.54. The molecule has 0 aliphatic heterocycles. The summed E-state index contributed by atoms with van der Waals surface area (Å²) in [5, 5.41) is 10.2. The second-order valence-corrected chi connectivity index (χ2v) is 4.66. The average Bonchev–Trinajstić information content (AvgIpc) is 3.13. The van der Waals surface area contributed by atoms with Gasteiger partial charge in [0.25, 0.3) is 0 Å². The van der Waals surface area contributed by atoms with E-state index in [2.05, 4.69) is 0 Å². The lowest BCUT2D eigenvalue weighted by Crippen LogP contribution is -2.32. The molecule has 1 aliphatic carbocycles. The molecule has 17 heavy (non-hydrogen) atoms. The number of halogens is 1. The third kappa shape index (κ3) is 3.51. The summed E-state index contributed by atoms with van der Waals surface area (Å²) in [5.74, 6) is 0.261. The molecule has 2 atom stereocenters. The van der Waals surface area contributed by atoms with E-state index in [0.29, 0.717) is 18.9 Å². The lowest BCUT2D eigenvalue weighted by molar-refractivity contribution is -0.0439. The van der Waals surface area contributed by atoms with Crippen molar-refractivity contribution in [3.8, 4) is 0 Å². The van der Waals surface area contributed by atoms with E-state index < -0.39 is 6.10 Å². The van der Waals surface area contributed by atoms with Gasteiger partial charge >= 0.3 is 0 Å². The summed E-state index contributed by atoms with van der Waals surface area (Å²) in [6.45, 7) is 2.57. The number of aliphatic hydroxyl groups excluding tert-OH is 1. The number of ether oxygens (including phenoxy) is 1. The first-order valence-electron chi connectivity index (χ1n) is 6.24. The Kier molecular flexibility index (Phi) is 4.13. The topological polar surface area (TPSA) is 29.5 Å². The molecule has 1 N–H and O–H groups in total. The molecule has 1 fully saturated rings. The summed E-state index contributed by atoms with van der Waals surface area (Å²) in [4.78, 5) is 0. The lowest BCUT2D eigenvalue weighted by Gasteiger charge is -2.22. The number of hydrogen-bond acceptors (Lipinski definition) is 2. The van der Waals surface area contributed by atoms with E-state index in [1.807, 2.05) is 6.92 Å². The van der Waals surface area contributed by atoms with Gasteiger partial charge in [0.1, 0.15) is 5.82 Å². The van der Waals surface area contributed by atoms with Crippen molar-refractivity contribution in [1.82, 2.24) is 0 Å². The van der Waals surface area contributed by atoms with Crippen molar-refractivity contribution in [2.24, 2.45) is 5.92 Å². The van der Waals surface area contributed by atoms with Crippen LogP contribution in [0.5, 0.6) is 0 Å². The van der Waals surface area contributed by atoms with Crippen molar-refractivity contribution in [1.29, 1.82) is 0 Å². The summed E-state index contributed by atoms with van der Waals surface area (Å²) in [5.41, 5.74) is 0.948. The minimum atomic E-state index is -0.493. The number of benzene rings is 1. The van der Waals surface area contributed by atoms with Crippen LogP contribution in [0.4, 0.5) is 4.39 Å². The second-order valence-electron chi connectivity index (χ2n) is 4.66. The van der Waals surface area contributed by atoms with Crippen LogP contribution in [0, 0.1) is 11.7 Å². The fraction of sp³-hybridized carbons (Fsp3) is 0.571. The van der Waals surface area contributed by atoms with Gasteiger partial charge in [-0.05, 0) is 43.4 Å². The van der Waals surface area contributed by atoms with E-state index in [1.165, 1.54) is 12.1 Å². The molecule has 1 aromatic carbocycles. The second kappa shape index (κ2) is 5.61. The van der Waals surface area contributed by atoms with Gasteiger partial charge in [-0.15, -0.1) is 0 Å². The Morgan fingerprint density at radius 3 is 2.53 bits per heavy atom. The maximum Gasteiger partial charge on any atom is 0.123 e. The number of aliphatic hydroxyl groups is 1. The lowest BCUT2D eigenvalue weighted by atomic mass is 10.0. The zero-order valence-corrected chi connectivity index (χ0v) is 10.1. The van der Waals surface area contributed by atoms with Gasteiger partial charge < -0.3 is 9.84 Å². The smallest absolute Gasteiger partial charge is 0.123 e. The van der Waals surface area contributed by atoms with Gasteiger partial charge in [-0.2, -0.15) is 0 Å². The van der Waals surface area contributed by atoms with Crippen LogP contribution >= 0.6 is 0 Å². The van der Waals surface area contributed by atoms with E-state index in [9.17, 15) is 9.50 Å². The summed E-state index contributed by atoms with van der Waals surface area (Å²) >= 11 is 0. The number of hydrogen-bond donors (Lipinski definition) is 1. The molecule has 1 aliphatic rings. The Morgan fingerprint density at radius 1 is 1.35 bits per heavy atom. The van der Waals surface area contributed by atoms with Crippen molar-refractivity contribution < 1.29 is 14.2 Å². The van der Waals surface area contributed by atoms with E-state index in [0.717, 1.165) is 18.4 Å². The molecule has 3 heteroatoms. The molecular formula is C14H19FO2. The molecule has 2 unspecified atom stereocenters. The van der Waals surface area contributed by atoms with E-state index in [4.69, 9.17) is 4.74 Å². The molecule has 2 rings (SSSR count). The Morgan fingerprint density at radius 2 is 2.00 bits per heavy atom. The first-order valence-corrected chi connectivity index (χ1v) is 6.24. The highest BCUT2D eigenvalue weighted by molar-refractivity contribution is 5.17. The van der Waals surface area contributed by atoms with Crippen molar-refractivity contribution in [2.45, 2.75) is 38.4 Å². The third-order valence-corrected chi connectivity index (χ3v) is 3.18. The summed E-state index contributed by atoms with van der Waals surface area (Å²) in [7, 11) is 0. The summed E-state index contributed by atoms with van der Waals surface area (Å²) in [6.07, 6.45) is 2.26. The summed E-state index contributed by atoms with van der Waals surface area (Å²) in [6, 6.07) is 6.28. The van der Waals surface area contributed by atoms with E-state index in [-0.39, 0.29) is 11.9 Å². The van der Waals surface area contributed by atoms with Crippen LogP contribution in [0.2, 0.25) is 0 Å². The van der Waals surface area contributed by atoms with Crippen LogP contribution < -0.4 is 0 Å². The molecule has 94 valence electrons. The zero-order valence-electron chi connectivity index (χ0n) is 10.1. The first-order chi connectivity index (χ1) is 8.20. The minimum absolute atomic E-state index is 0.0648. The Bertz CT molecular complexity index is 346. The summed E-state index contributed by atoms with van der Waals surface area (Å²) < 4.78 is 18.4. The highest BCUT2D eigenvalue weighted by Crippen LogP contribution is 2.36. The van der Waals surface area contributed by atoms with Gasteiger partial charge in [0.15, 0.2) is 0 Å². The molecule has 0 heterocycles. The third-order valence-electron chi connectivity index (χ3n) is 3.18. The maximum atomic E-state index is 12.8. The van der Waals surface area contributed by atoms with Crippen molar-refractivity contribution in [3.05, 3.63) is 35.6 Å². The van der Waals surface area contributed by atoms with Crippen LogP contribution in [-0.4, -0.2) is 23.9 Å². The van der Waals surface area contributed by atoms with Gasteiger partial charge in [-0.3, -0.25) is 0 Å². The zero-order chi connectivity index (χ0) is 12.3. The molecule has 0 bridgehead atoms. The Balaban J connectivity index is 1.94. The molecule has 2 nitrogen and oxygen atoms in total. The van der Waals surface area contributed by atoms with Crippen LogP contribution in [0.15, 0.2) is 24.3 Å². The SMILES string of the molecule is CCOC(C(O)Cc1ccc(F)cc1)C1CC1. The van der Waals surface area contributed by atoms with Gasteiger partial charge in [0.05, 0.1) is 12.2 Å². The number of rotatable bonds is 6. The van der Waals surface area contributed by atoms with Crippen molar-refractivity contribution >= 4 is 0 Å². The van der Waals surface area contributed by atoms with Crippen LogP contribution in [0.1, 0.15) is 25.3 Å². The van der Waals surface area contributed by atoms with Crippen LogP contribution in [-0.2, 0) is 11.2 Å².